The summed E-state index contributed by atoms with van der Waals surface area (Å²) in [6.07, 6.45) is -1.41. The lowest BCUT2D eigenvalue weighted by atomic mass is 10.1. The number of hydrogen-bond donors (Lipinski definition) is 3. The minimum Gasteiger partial charge on any atom is -0.493 e. The first-order valence-electron chi connectivity index (χ1n) is 8.54. The SMILES string of the molecule is CC(=O)O.COc1ccc(C(=O)N[C@H]2CO[C@H]3[C@@H]2OC[C@@H]3O)c(OC)c1OC. The molecule has 1 aromatic rings. The van der Waals surface area contributed by atoms with E-state index in [2.05, 4.69) is 5.32 Å². The van der Waals surface area contributed by atoms with Crippen LogP contribution in [-0.4, -0.2) is 81.0 Å². The monoisotopic (exact) mass is 399 g/mol. The molecule has 2 fully saturated rings. The molecule has 1 aromatic carbocycles. The van der Waals surface area contributed by atoms with Crippen LogP contribution in [0.5, 0.6) is 17.2 Å². The predicted octanol–water partition coefficient (Wildman–Crippen LogP) is 0.0602. The summed E-state index contributed by atoms with van der Waals surface area (Å²) >= 11 is 0. The van der Waals surface area contributed by atoms with E-state index in [1.165, 1.54) is 21.3 Å². The van der Waals surface area contributed by atoms with Crippen molar-refractivity contribution in [3.63, 3.8) is 0 Å². The lowest BCUT2D eigenvalue weighted by molar-refractivity contribution is -0.134. The van der Waals surface area contributed by atoms with Crippen LogP contribution in [0.25, 0.3) is 0 Å². The van der Waals surface area contributed by atoms with E-state index < -0.39 is 18.2 Å². The second-order valence-electron chi connectivity index (χ2n) is 6.14. The summed E-state index contributed by atoms with van der Waals surface area (Å²) in [5.74, 6) is -0.0672. The normalized spacial score (nSPS) is 25.2. The molecule has 0 unspecified atom stereocenters. The number of benzene rings is 1. The molecule has 2 aliphatic rings. The number of amides is 1. The van der Waals surface area contributed by atoms with Crippen molar-refractivity contribution < 1.29 is 43.5 Å². The number of nitrogens with one attached hydrogen (secondary N) is 1. The highest BCUT2D eigenvalue weighted by Crippen LogP contribution is 2.39. The molecule has 0 spiro atoms. The molecule has 10 heteroatoms. The summed E-state index contributed by atoms with van der Waals surface area (Å²) in [7, 11) is 4.44. The van der Waals surface area contributed by atoms with E-state index >= 15 is 0 Å². The lowest BCUT2D eigenvalue weighted by Gasteiger charge is -2.19. The van der Waals surface area contributed by atoms with Crippen molar-refractivity contribution in [2.24, 2.45) is 0 Å². The number of carbonyl (C=O) groups excluding carboxylic acids is 1. The van der Waals surface area contributed by atoms with E-state index in [0.717, 1.165) is 6.92 Å². The van der Waals surface area contributed by atoms with Crippen molar-refractivity contribution in [1.29, 1.82) is 0 Å². The molecular formula is C18H25NO9. The van der Waals surface area contributed by atoms with E-state index in [1.54, 1.807) is 12.1 Å². The average molecular weight is 399 g/mol. The Kier molecular flexibility index (Phi) is 7.44. The van der Waals surface area contributed by atoms with Gasteiger partial charge in [-0.1, -0.05) is 0 Å². The minimum absolute atomic E-state index is 0.210. The van der Waals surface area contributed by atoms with Crippen LogP contribution in [0, 0.1) is 0 Å². The van der Waals surface area contributed by atoms with Crippen LogP contribution in [-0.2, 0) is 14.3 Å². The van der Waals surface area contributed by atoms with Crippen LogP contribution in [0.4, 0.5) is 0 Å². The van der Waals surface area contributed by atoms with Crippen LogP contribution in [0.3, 0.4) is 0 Å². The number of carboxylic acids is 1. The van der Waals surface area contributed by atoms with E-state index in [-0.39, 0.29) is 37.0 Å². The van der Waals surface area contributed by atoms with Gasteiger partial charge in [-0.3, -0.25) is 9.59 Å². The second kappa shape index (κ2) is 9.58. The predicted molar refractivity (Wildman–Crippen MR) is 96.1 cm³/mol. The number of aliphatic hydroxyl groups is 1. The number of hydrogen-bond acceptors (Lipinski definition) is 8. The van der Waals surface area contributed by atoms with E-state index in [0.29, 0.717) is 17.1 Å². The zero-order valence-corrected chi connectivity index (χ0v) is 16.1. The molecule has 3 N–H and O–H groups in total. The molecule has 156 valence electrons. The molecule has 28 heavy (non-hydrogen) atoms. The first kappa shape index (κ1) is 21.7. The van der Waals surface area contributed by atoms with E-state index in [9.17, 15) is 9.90 Å². The molecule has 2 saturated heterocycles. The Hall–Kier alpha value is -2.56. The fraction of sp³-hybridized carbons (Fsp3) is 0.556. The fourth-order valence-electron chi connectivity index (χ4n) is 3.13. The fourth-order valence-corrected chi connectivity index (χ4v) is 3.13. The third-order valence-electron chi connectivity index (χ3n) is 4.29. The maximum absolute atomic E-state index is 12.7. The molecular weight excluding hydrogens is 374 g/mol. The summed E-state index contributed by atoms with van der Waals surface area (Å²) in [6.45, 7) is 1.58. The number of aliphatic hydroxyl groups excluding tert-OH is 1. The van der Waals surface area contributed by atoms with Crippen molar-refractivity contribution in [2.75, 3.05) is 34.5 Å². The number of ether oxygens (including phenoxy) is 5. The molecule has 0 radical (unpaired) electrons. The quantitative estimate of drug-likeness (QED) is 0.628. The molecule has 4 atom stereocenters. The third-order valence-corrected chi connectivity index (χ3v) is 4.29. The van der Waals surface area contributed by atoms with Gasteiger partial charge in [-0.2, -0.15) is 0 Å². The number of methoxy groups -OCH3 is 3. The van der Waals surface area contributed by atoms with Gasteiger partial charge in [0.15, 0.2) is 11.5 Å². The van der Waals surface area contributed by atoms with Crippen molar-refractivity contribution >= 4 is 11.9 Å². The van der Waals surface area contributed by atoms with Gasteiger partial charge >= 0.3 is 0 Å². The third kappa shape index (κ3) is 4.64. The number of fused-ring (bicyclic) bond motifs is 1. The highest BCUT2D eigenvalue weighted by molar-refractivity contribution is 5.98. The van der Waals surface area contributed by atoms with Gasteiger partial charge in [0.1, 0.15) is 18.3 Å². The number of aliphatic carboxylic acids is 1. The Bertz CT molecular complexity index is 705. The number of carboxylic acid groups (broad SMARTS) is 1. The average Bonchev–Trinajstić information content (AvgIpc) is 3.23. The van der Waals surface area contributed by atoms with Gasteiger partial charge in [0.05, 0.1) is 46.1 Å². The Morgan fingerprint density at radius 2 is 1.64 bits per heavy atom. The molecule has 2 heterocycles. The van der Waals surface area contributed by atoms with Crippen LogP contribution in [0.15, 0.2) is 12.1 Å². The lowest BCUT2D eigenvalue weighted by Crippen LogP contribution is -2.44. The molecule has 0 bridgehead atoms. The molecule has 2 aliphatic heterocycles. The van der Waals surface area contributed by atoms with Crippen molar-refractivity contribution in [3.8, 4) is 17.2 Å². The van der Waals surface area contributed by atoms with Crippen molar-refractivity contribution in [1.82, 2.24) is 5.32 Å². The second-order valence-corrected chi connectivity index (χ2v) is 6.14. The van der Waals surface area contributed by atoms with Gasteiger partial charge in [-0.25, -0.2) is 0 Å². The summed E-state index contributed by atoms with van der Waals surface area (Å²) < 4.78 is 26.9. The van der Waals surface area contributed by atoms with E-state index in [4.69, 9.17) is 33.6 Å². The molecule has 0 aromatic heterocycles. The molecule has 1 amide bonds. The largest absolute Gasteiger partial charge is 0.493 e. The van der Waals surface area contributed by atoms with Gasteiger partial charge in [0.2, 0.25) is 5.75 Å². The van der Waals surface area contributed by atoms with Crippen LogP contribution in [0.1, 0.15) is 17.3 Å². The summed E-state index contributed by atoms with van der Waals surface area (Å²) in [5.41, 5.74) is 0.317. The Morgan fingerprint density at radius 3 is 2.21 bits per heavy atom. The van der Waals surface area contributed by atoms with Gasteiger partial charge in [-0.05, 0) is 12.1 Å². The first-order chi connectivity index (χ1) is 13.3. The Balaban J connectivity index is 0.000000640. The molecule has 0 saturated carbocycles. The van der Waals surface area contributed by atoms with E-state index in [1.807, 2.05) is 0 Å². The summed E-state index contributed by atoms with van der Waals surface area (Å²) in [4.78, 5) is 21.7. The van der Waals surface area contributed by atoms with Crippen LogP contribution < -0.4 is 19.5 Å². The smallest absolute Gasteiger partial charge is 0.300 e. The van der Waals surface area contributed by atoms with Crippen LogP contribution in [0.2, 0.25) is 0 Å². The van der Waals surface area contributed by atoms with Gasteiger partial charge in [-0.15, -0.1) is 0 Å². The number of rotatable bonds is 5. The molecule has 0 aliphatic carbocycles. The summed E-state index contributed by atoms with van der Waals surface area (Å²) in [5, 5.41) is 20.1. The molecule has 10 nitrogen and oxygen atoms in total. The van der Waals surface area contributed by atoms with Crippen molar-refractivity contribution in [3.05, 3.63) is 17.7 Å². The Labute approximate surface area is 162 Å². The zero-order chi connectivity index (χ0) is 20.8. The van der Waals surface area contributed by atoms with Crippen LogP contribution >= 0.6 is 0 Å². The highest BCUT2D eigenvalue weighted by atomic mass is 16.6. The number of carbonyl (C=O) groups is 2. The minimum atomic E-state index is -0.833. The van der Waals surface area contributed by atoms with Gasteiger partial charge < -0.3 is 39.2 Å². The summed E-state index contributed by atoms with van der Waals surface area (Å²) in [6, 6.07) is 2.91. The first-order valence-corrected chi connectivity index (χ1v) is 8.54. The molecule has 3 rings (SSSR count). The van der Waals surface area contributed by atoms with Gasteiger partial charge in [0.25, 0.3) is 11.9 Å². The maximum atomic E-state index is 12.7. The topological polar surface area (TPSA) is 133 Å². The standard InChI is InChI=1S/C16H21NO7.C2H4O2/c1-20-11-5-4-8(12(21-2)15(11)22-3)16(19)17-9-6-23-14-10(18)7-24-13(9)14;1-2(3)4/h4-5,9-10,13-14,18H,6-7H2,1-3H3,(H,17,19);1H3,(H,3,4)/t9-,10-,13+,14+;/m0./s1. The van der Waals surface area contributed by atoms with Gasteiger partial charge in [0, 0.05) is 6.92 Å². The zero-order valence-electron chi connectivity index (χ0n) is 16.1. The van der Waals surface area contributed by atoms with Crippen molar-refractivity contribution in [2.45, 2.75) is 31.3 Å². The Morgan fingerprint density at radius 1 is 1.04 bits per heavy atom. The highest BCUT2D eigenvalue weighted by Gasteiger charge is 2.47. The maximum Gasteiger partial charge on any atom is 0.300 e.